The van der Waals surface area contributed by atoms with Crippen LogP contribution in [0.1, 0.15) is 22.5 Å². The summed E-state index contributed by atoms with van der Waals surface area (Å²) < 4.78 is 46.2. The average molecular weight is 477 g/mol. The number of hydrogen-bond acceptors (Lipinski definition) is 5. The van der Waals surface area contributed by atoms with E-state index in [0.29, 0.717) is 17.5 Å². The van der Waals surface area contributed by atoms with Crippen LogP contribution in [0.4, 0.5) is 18.9 Å². The lowest BCUT2D eigenvalue weighted by Crippen LogP contribution is -2.15. The van der Waals surface area contributed by atoms with E-state index in [1.165, 1.54) is 12.1 Å². The number of nitrogens with zero attached hydrogens (tertiary/aromatic N) is 3. The number of hydrogen-bond donors (Lipinski definition) is 1. The minimum atomic E-state index is -4.48. The molecule has 0 saturated carbocycles. The first-order valence-electron chi connectivity index (χ1n) is 9.99. The normalized spacial score (nSPS) is 11.3. The molecule has 0 atom stereocenters. The summed E-state index contributed by atoms with van der Waals surface area (Å²) in [6.45, 7) is 8.31. The number of thioether (sulfide) groups is 1. The summed E-state index contributed by atoms with van der Waals surface area (Å²) in [7, 11) is 0. The lowest BCUT2D eigenvalue weighted by atomic mass is 10.1. The Morgan fingerprint density at radius 2 is 1.91 bits per heavy atom. The minimum Gasteiger partial charge on any atom is -0.486 e. The molecule has 0 fully saturated rings. The van der Waals surface area contributed by atoms with Gasteiger partial charge in [0.15, 0.2) is 11.0 Å². The molecule has 0 bridgehead atoms. The van der Waals surface area contributed by atoms with Gasteiger partial charge in [0.2, 0.25) is 5.91 Å². The largest absolute Gasteiger partial charge is 0.486 e. The molecular formula is C23H23F3N4O2S. The Labute approximate surface area is 193 Å². The van der Waals surface area contributed by atoms with Crippen molar-refractivity contribution >= 4 is 23.4 Å². The van der Waals surface area contributed by atoms with Gasteiger partial charge in [0.1, 0.15) is 12.4 Å². The van der Waals surface area contributed by atoms with Crippen LogP contribution in [0.3, 0.4) is 0 Å². The summed E-state index contributed by atoms with van der Waals surface area (Å²) in [5.41, 5.74) is 1.42. The molecule has 0 aliphatic heterocycles. The summed E-state index contributed by atoms with van der Waals surface area (Å²) in [5, 5.41) is 11.2. The van der Waals surface area contributed by atoms with Gasteiger partial charge >= 0.3 is 6.18 Å². The predicted octanol–water partition coefficient (Wildman–Crippen LogP) is 5.41. The molecule has 174 valence electrons. The molecule has 3 aromatic rings. The highest BCUT2D eigenvalue weighted by Crippen LogP contribution is 2.30. The molecule has 33 heavy (non-hydrogen) atoms. The van der Waals surface area contributed by atoms with Gasteiger partial charge in [-0.1, -0.05) is 30.0 Å². The number of amides is 1. The van der Waals surface area contributed by atoms with Crippen LogP contribution >= 0.6 is 11.8 Å². The number of nitrogens with one attached hydrogen (secondary N) is 1. The van der Waals surface area contributed by atoms with Gasteiger partial charge in [0.05, 0.1) is 11.3 Å². The molecule has 6 nitrogen and oxygen atoms in total. The van der Waals surface area contributed by atoms with Crippen LogP contribution in [-0.2, 0) is 24.1 Å². The zero-order chi connectivity index (χ0) is 24.0. The van der Waals surface area contributed by atoms with Gasteiger partial charge in [-0.2, -0.15) is 13.2 Å². The van der Waals surface area contributed by atoms with Crippen LogP contribution in [0.15, 0.2) is 60.3 Å². The third-order valence-corrected chi connectivity index (χ3v) is 5.44. The first-order chi connectivity index (χ1) is 15.7. The fraction of sp³-hybridized carbons (Fsp3) is 0.261. The third-order valence-electron chi connectivity index (χ3n) is 4.47. The van der Waals surface area contributed by atoms with E-state index in [-0.39, 0.29) is 18.0 Å². The number of benzene rings is 2. The summed E-state index contributed by atoms with van der Waals surface area (Å²) in [6, 6.07) is 10.4. The average Bonchev–Trinajstić information content (AvgIpc) is 3.11. The third kappa shape index (κ3) is 6.85. The second-order valence-corrected chi connectivity index (χ2v) is 8.27. The fourth-order valence-corrected chi connectivity index (χ4v) is 3.88. The number of allylic oxidation sites excluding steroid dienone is 1. The van der Waals surface area contributed by atoms with Gasteiger partial charge in [-0.15, -0.1) is 16.8 Å². The number of halogens is 3. The van der Waals surface area contributed by atoms with Crippen molar-refractivity contribution in [2.45, 2.75) is 38.3 Å². The smallest absolute Gasteiger partial charge is 0.416 e. The lowest BCUT2D eigenvalue weighted by Gasteiger charge is -2.11. The summed E-state index contributed by atoms with van der Waals surface area (Å²) >= 11 is 1.12. The topological polar surface area (TPSA) is 69.0 Å². The molecule has 3 rings (SSSR count). The first kappa shape index (κ1) is 24.4. The molecule has 1 aromatic heterocycles. The van der Waals surface area contributed by atoms with Crippen molar-refractivity contribution in [3.8, 4) is 5.75 Å². The molecule has 10 heteroatoms. The van der Waals surface area contributed by atoms with Crippen LogP contribution in [0.25, 0.3) is 0 Å². The van der Waals surface area contributed by atoms with Crippen LogP contribution in [0.2, 0.25) is 0 Å². The number of carbonyl (C=O) groups excluding carboxylic acids is 1. The van der Waals surface area contributed by atoms with Crippen LogP contribution in [0, 0.1) is 13.8 Å². The standard InChI is InChI=1S/C23H23F3N4O2S/c1-4-8-30-20(13-32-19-10-15(2)9-16(3)11-19)28-29-22(30)33-14-21(31)27-18-7-5-6-17(12-18)23(24,25)26/h4-7,9-12H,1,8,13-14H2,2-3H3,(H,27,31). The van der Waals surface area contributed by atoms with Gasteiger partial charge in [-0.3, -0.25) is 9.36 Å². The predicted molar refractivity (Wildman–Crippen MR) is 121 cm³/mol. The van der Waals surface area contributed by atoms with Crippen LogP contribution < -0.4 is 10.1 Å². The molecule has 0 unspecified atom stereocenters. The quantitative estimate of drug-likeness (QED) is 0.330. The lowest BCUT2D eigenvalue weighted by molar-refractivity contribution is -0.137. The van der Waals surface area contributed by atoms with Gasteiger partial charge in [0, 0.05) is 12.2 Å². The Morgan fingerprint density at radius 1 is 1.18 bits per heavy atom. The van der Waals surface area contributed by atoms with Crippen molar-refractivity contribution in [1.29, 1.82) is 0 Å². The van der Waals surface area contributed by atoms with E-state index in [1.54, 1.807) is 10.6 Å². The monoisotopic (exact) mass is 476 g/mol. The highest BCUT2D eigenvalue weighted by Gasteiger charge is 2.30. The second kappa shape index (κ2) is 10.6. The molecule has 1 heterocycles. The zero-order valence-corrected chi connectivity index (χ0v) is 19.0. The maximum atomic E-state index is 12.9. The first-order valence-corrected chi connectivity index (χ1v) is 11.0. The number of carbonyl (C=O) groups is 1. The number of rotatable bonds is 9. The Bertz CT molecular complexity index is 1120. The van der Waals surface area contributed by atoms with E-state index in [1.807, 2.05) is 32.0 Å². The highest BCUT2D eigenvalue weighted by atomic mass is 32.2. The van der Waals surface area contributed by atoms with Crippen molar-refractivity contribution in [3.05, 3.63) is 77.6 Å². The van der Waals surface area contributed by atoms with E-state index >= 15 is 0 Å². The molecule has 0 aliphatic carbocycles. The van der Waals surface area contributed by atoms with Crippen molar-refractivity contribution in [2.75, 3.05) is 11.1 Å². The summed E-state index contributed by atoms with van der Waals surface area (Å²) in [5.74, 6) is 0.773. The molecule has 1 N–H and O–H groups in total. The van der Waals surface area contributed by atoms with Gasteiger partial charge in [-0.25, -0.2) is 0 Å². The maximum absolute atomic E-state index is 12.9. The fourth-order valence-electron chi connectivity index (χ4n) is 3.11. The van der Waals surface area contributed by atoms with E-state index < -0.39 is 17.6 Å². The van der Waals surface area contributed by atoms with Crippen molar-refractivity contribution in [1.82, 2.24) is 14.8 Å². The summed E-state index contributed by atoms with van der Waals surface area (Å²) in [6.07, 6.45) is -2.80. The Morgan fingerprint density at radius 3 is 2.58 bits per heavy atom. The SMILES string of the molecule is C=CCn1c(COc2cc(C)cc(C)c2)nnc1SCC(=O)Nc1cccc(C(F)(F)F)c1. The highest BCUT2D eigenvalue weighted by molar-refractivity contribution is 7.99. The number of aryl methyl sites for hydroxylation is 2. The van der Waals surface area contributed by atoms with Crippen molar-refractivity contribution < 1.29 is 22.7 Å². The Balaban J connectivity index is 1.63. The molecule has 0 radical (unpaired) electrons. The van der Waals surface area contributed by atoms with E-state index in [9.17, 15) is 18.0 Å². The van der Waals surface area contributed by atoms with E-state index in [4.69, 9.17) is 4.74 Å². The van der Waals surface area contributed by atoms with Gasteiger partial charge in [0.25, 0.3) is 0 Å². The number of aromatic nitrogens is 3. The Kier molecular flexibility index (Phi) is 7.80. The van der Waals surface area contributed by atoms with E-state index in [0.717, 1.165) is 40.8 Å². The zero-order valence-electron chi connectivity index (χ0n) is 18.1. The van der Waals surface area contributed by atoms with E-state index in [2.05, 4.69) is 22.1 Å². The molecule has 1 amide bonds. The number of alkyl halides is 3. The molecule has 0 aliphatic rings. The van der Waals surface area contributed by atoms with Crippen molar-refractivity contribution in [2.24, 2.45) is 0 Å². The molecule has 0 saturated heterocycles. The van der Waals surface area contributed by atoms with Crippen molar-refractivity contribution in [3.63, 3.8) is 0 Å². The molecule has 2 aromatic carbocycles. The molecular weight excluding hydrogens is 453 g/mol. The molecule has 0 spiro atoms. The van der Waals surface area contributed by atoms with Gasteiger partial charge < -0.3 is 10.1 Å². The number of anilines is 1. The maximum Gasteiger partial charge on any atom is 0.416 e. The minimum absolute atomic E-state index is 0.0521. The Hall–Kier alpha value is -3.27. The van der Waals surface area contributed by atoms with Crippen LogP contribution in [0.5, 0.6) is 5.75 Å². The summed E-state index contributed by atoms with van der Waals surface area (Å²) in [4.78, 5) is 12.3. The van der Waals surface area contributed by atoms with Gasteiger partial charge in [-0.05, 0) is 55.3 Å². The van der Waals surface area contributed by atoms with Crippen LogP contribution in [-0.4, -0.2) is 26.4 Å². The number of ether oxygens (including phenoxy) is 1. The second-order valence-electron chi connectivity index (χ2n) is 7.33.